The fourth-order valence-electron chi connectivity index (χ4n) is 3.53. The van der Waals surface area contributed by atoms with E-state index in [2.05, 4.69) is 15.6 Å². The minimum atomic E-state index is -0.432. The van der Waals surface area contributed by atoms with Crippen molar-refractivity contribution in [3.63, 3.8) is 0 Å². The fourth-order valence-corrected chi connectivity index (χ4v) is 3.53. The van der Waals surface area contributed by atoms with E-state index in [1.165, 1.54) is 0 Å². The lowest BCUT2D eigenvalue weighted by molar-refractivity contribution is 0.0712. The van der Waals surface area contributed by atoms with Crippen molar-refractivity contribution in [2.45, 2.75) is 51.0 Å². The highest BCUT2D eigenvalue weighted by Crippen LogP contribution is 2.51. The topological polar surface area (TPSA) is 90.8 Å². The summed E-state index contributed by atoms with van der Waals surface area (Å²) in [5, 5.41) is 11.4. The van der Waals surface area contributed by atoms with E-state index in [1.807, 2.05) is 42.8 Å². The van der Waals surface area contributed by atoms with Crippen LogP contribution < -0.4 is 10.1 Å². The molecule has 1 aromatic carbocycles. The number of epoxide rings is 1. The molecule has 1 aliphatic heterocycles. The van der Waals surface area contributed by atoms with Crippen molar-refractivity contribution in [1.29, 1.82) is 0 Å². The summed E-state index contributed by atoms with van der Waals surface area (Å²) in [7, 11) is 1.65. The zero-order chi connectivity index (χ0) is 19.0. The van der Waals surface area contributed by atoms with Gasteiger partial charge in [0.25, 0.3) is 0 Å². The lowest BCUT2D eigenvalue weighted by atomic mass is 9.88. The Morgan fingerprint density at radius 2 is 2.15 bits per heavy atom. The number of alkyl carbamates (subject to hydrolysis) is 1. The van der Waals surface area contributed by atoms with Crippen LogP contribution in [0.15, 0.2) is 24.3 Å². The van der Waals surface area contributed by atoms with E-state index in [4.69, 9.17) is 14.2 Å². The quantitative estimate of drug-likeness (QED) is 0.811. The van der Waals surface area contributed by atoms with Crippen molar-refractivity contribution < 1.29 is 19.0 Å². The van der Waals surface area contributed by atoms with Gasteiger partial charge < -0.3 is 19.5 Å². The van der Waals surface area contributed by atoms with Gasteiger partial charge in [0, 0.05) is 6.04 Å². The standard InChI is InChI=1S/C19H24N4O4/c1-12(2)20-18(24)27-15-8-9-19(11-26-19)17-16(15)21-22-23(17)10-13-4-6-14(25-3)7-5-13/h4-7,12,15H,8-11H2,1-3H3,(H,20,24). The third-order valence-electron chi connectivity index (χ3n) is 4.95. The van der Waals surface area contributed by atoms with Crippen LogP contribution in [0.25, 0.3) is 0 Å². The number of rotatable bonds is 5. The fraction of sp³-hybridized carbons (Fsp3) is 0.526. The maximum Gasteiger partial charge on any atom is 0.408 e. The first kappa shape index (κ1) is 17.8. The average Bonchev–Trinajstić information content (AvgIpc) is 3.28. The molecule has 2 atom stereocenters. The van der Waals surface area contributed by atoms with Crippen molar-refractivity contribution in [3.05, 3.63) is 41.2 Å². The number of benzene rings is 1. The zero-order valence-corrected chi connectivity index (χ0v) is 15.8. The smallest absolute Gasteiger partial charge is 0.408 e. The third-order valence-corrected chi connectivity index (χ3v) is 4.95. The molecule has 2 unspecified atom stereocenters. The molecular formula is C19H24N4O4. The van der Waals surface area contributed by atoms with Crippen LogP contribution in [0.4, 0.5) is 4.79 Å². The number of fused-ring (bicyclic) bond motifs is 2. The Morgan fingerprint density at radius 3 is 2.78 bits per heavy atom. The first-order valence-electron chi connectivity index (χ1n) is 9.18. The van der Waals surface area contributed by atoms with Gasteiger partial charge in [0.1, 0.15) is 28.8 Å². The Morgan fingerprint density at radius 1 is 1.41 bits per heavy atom. The van der Waals surface area contributed by atoms with Crippen molar-refractivity contribution >= 4 is 6.09 Å². The third kappa shape index (κ3) is 3.49. The van der Waals surface area contributed by atoms with Gasteiger partial charge in [-0.1, -0.05) is 17.3 Å². The van der Waals surface area contributed by atoms with E-state index in [9.17, 15) is 4.79 Å². The molecule has 0 radical (unpaired) electrons. The molecule has 2 aliphatic rings. The Bertz CT molecular complexity index is 827. The second-order valence-corrected chi connectivity index (χ2v) is 7.34. The minimum absolute atomic E-state index is 0.0180. The molecule has 1 amide bonds. The zero-order valence-electron chi connectivity index (χ0n) is 15.8. The van der Waals surface area contributed by atoms with Crippen LogP contribution in [-0.2, 0) is 21.6 Å². The number of hydrogen-bond donors (Lipinski definition) is 1. The van der Waals surface area contributed by atoms with Crippen LogP contribution in [0.3, 0.4) is 0 Å². The van der Waals surface area contributed by atoms with Gasteiger partial charge in [0.05, 0.1) is 20.3 Å². The van der Waals surface area contributed by atoms with Crippen LogP contribution in [0, 0.1) is 0 Å². The second-order valence-electron chi connectivity index (χ2n) is 7.34. The number of nitrogens with zero attached hydrogens (tertiary/aromatic N) is 3. The lowest BCUT2D eigenvalue weighted by Crippen LogP contribution is -2.34. The SMILES string of the molecule is COc1ccc(Cn2nnc3c2C2(CCC3OC(=O)NC(C)C)CO2)cc1. The molecule has 2 heterocycles. The van der Waals surface area contributed by atoms with E-state index in [-0.39, 0.29) is 11.6 Å². The summed E-state index contributed by atoms with van der Waals surface area (Å²) in [6.45, 7) is 5.01. The normalized spacial score (nSPS) is 23.2. The molecule has 8 nitrogen and oxygen atoms in total. The molecule has 1 aromatic heterocycles. The van der Waals surface area contributed by atoms with Crippen molar-refractivity contribution in [3.8, 4) is 5.75 Å². The van der Waals surface area contributed by atoms with Crippen LogP contribution in [0.2, 0.25) is 0 Å². The van der Waals surface area contributed by atoms with E-state index < -0.39 is 12.2 Å². The highest BCUT2D eigenvalue weighted by molar-refractivity contribution is 5.67. The number of aromatic nitrogens is 3. The van der Waals surface area contributed by atoms with Crippen LogP contribution in [0.1, 0.15) is 49.7 Å². The van der Waals surface area contributed by atoms with Gasteiger partial charge in [-0.3, -0.25) is 0 Å². The predicted molar refractivity (Wildman–Crippen MR) is 96.5 cm³/mol. The van der Waals surface area contributed by atoms with Crippen LogP contribution >= 0.6 is 0 Å². The maximum atomic E-state index is 12.0. The first-order valence-corrected chi connectivity index (χ1v) is 9.18. The number of carbonyl (C=O) groups is 1. The molecule has 0 saturated carbocycles. The highest BCUT2D eigenvalue weighted by atomic mass is 16.6. The number of carbonyl (C=O) groups excluding carboxylic acids is 1. The largest absolute Gasteiger partial charge is 0.497 e. The predicted octanol–water partition coefficient (Wildman–Crippen LogP) is 2.53. The van der Waals surface area contributed by atoms with Crippen molar-refractivity contribution in [2.24, 2.45) is 0 Å². The molecule has 1 N–H and O–H groups in total. The number of amides is 1. The summed E-state index contributed by atoms with van der Waals surface area (Å²) in [4.78, 5) is 12.0. The van der Waals surface area contributed by atoms with Crippen molar-refractivity contribution in [2.75, 3.05) is 13.7 Å². The molecule has 2 aromatic rings. The van der Waals surface area contributed by atoms with Gasteiger partial charge in [-0.15, -0.1) is 5.10 Å². The second kappa shape index (κ2) is 6.84. The summed E-state index contributed by atoms with van der Waals surface area (Å²) in [6.07, 6.45) is 0.631. The monoisotopic (exact) mass is 372 g/mol. The number of ether oxygens (including phenoxy) is 3. The van der Waals surface area contributed by atoms with E-state index >= 15 is 0 Å². The van der Waals surface area contributed by atoms with Gasteiger partial charge in [-0.05, 0) is 44.4 Å². The Balaban J connectivity index is 1.57. The molecular weight excluding hydrogens is 348 g/mol. The summed E-state index contributed by atoms with van der Waals surface area (Å²) >= 11 is 0. The lowest BCUT2D eigenvalue weighted by Gasteiger charge is -2.26. The Hall–Kier alpha value is -2.61. The summed E-state index contributed by atoms with van der Waals surface area (Å²) in [5.74, 6) is 0.811. The molecule has 27 heavy (non-hydrogen) atoms. The Labute approximate surface area is 157 Å². The summed E-state index contributed by atoms with van der Waals surface area (Å²) < 4.78 is 18.5. The molecule has 144 valence electrons. The molecule has 4 rings (SSSR count). The van der Waals surface area contributed by atoms with E-state index in [1.54, 1.807) is 7.11 Å². The number of hydrogen-bond acceptors (Lipinski definition) is 6. The first-order chi connectivity index (χ1) is 13.0. The van der Waals surface area contributed by atoms with Gasteiger partial charge in [0.15, 0.2) is 0 Å². The molecule has 1 aliphatic carbocycles. The van der Waals surface area contributed by atoms with E-state index in [0.717, 1.165) is 23.4 Å². The molecule has 1 fully saturated rings. The van der Waals surface area contributed by atoms with Gasteiger partial charge in [-0.25, -0.2) is 9.48 Å². The summed E-state index contributed by atoms with van der Waals surface area (Å²) in [6, 6.07) is 7.86. The van der Waals surface area contributed by atoms with Crippen LogP contribution in [0.5, 0.6) is 5.75 Å². The van der Waals surface area contributed by atoms with Gasteiger partial charge >= 0.3 is 6.09 Å². The molecule has 0 bridgehead atoms. The van der Waals surface area contributed by atoms with Crippen molar-refractivity contribution in [1.82, 2.24) is 20.3 Å². The summed E-state index contributed by atoms with van der Waals surface area (Å²) in [5.41, 5.74) is 2.37. The number of nitrogens with one attached hydrogen (secondary N) is 1. The van der Waals surface area contributed by atoms with Gasteiger partial charge in [-0.2, -0.15) is 0 Å². The highest BCUT2D eigenvalue weighted by Gasteiger charge is 2.55. The van der Waals surface area contributed by atoms with Gasteiger partial charge in [0.2, 0.25) is 0 Å². The van der Waals surface area contributed by atoms with Crippen LogP contribution in [-0.4, -0.2) is 40.8 Å². The minimum Gasteiger partial charge on any atom is -0.497 e. The molecule has 8 heteroatoms. The number of methoxy groups -OCH3 is 1. The molecule has 1 spiro atoms. The molecule has 1 saturated heterocycles. The average molecular weight is 372 g/mol. The maximum absolute atomic E-state index is 12.0. The van der Waals surface area contributed by atoms with E-state index in [0.29, 0.717) is 25.3 Å². The Kier molecular flexibility index (Phi) is 4.51.